The summed E-state index contributed by atoms with van der Waals surface area (Å²) in [6.45, 7) is 8.42. The highest BCUT2D eigenvalue weighted by atomic mass is 31.2. The predicted molar refractivity (Wildman–Crippen MR) is 78.8 cm³/mol. The van der Waals surface area contributed by atoms with Gasteiger partial charge in [0, 0.05) is 0 Å². The van der Waals surface area contributed by atoms with Gasteiger partial charge in [0.15, 0.2) is 0 Å². The van der Waals surface area contributed by atoms with Crippen LogP contribution in [0.2, 0.25) is 0 Å². The average molecular weight is 282 g/mol. The first-order valence-corrected chi connectivity index (χ1v) is 8.18. The molecule has 0 atom stereocenters. The number of allylic oxidation sites excluding steroid dienone is 5. The van der Waals surface area contributed by atoms with Gasteiger partial charge in [-0.3, -0.25) is 4.57 Å². The maximum absolute atomic E-state index is 10.7. The zero-order valence-electron chi connectivity index (χ0n) is 12.1. The Morgan fingerprint density at radius 3 is 2.58 bits per heavy atom. The minimum atomic E-state index is -4.12. The van der Waals surface area contributed by atoms with Crippen LogP contribution in [0.25, 0.3) is 0 Å². The van der Waals surface area contributed by atoms with Crippen molar-refractivity contribution in [1.29, 1.82) is 0 Å². The normalized spacial score (nSPS) is 19.5. The molecule has 0 fully saturated rings. The van der Waals surface area contributed by atoms with Gasteiger partial charge in [-0.2, -0.15) is 0 Å². The van der Waals surface area contributed by atoms with Crippen LogP contribution in [-0.4, -0.2) is 9.79 Å². The highest BCUT2D eigenvalue weighted by molar-refractivity contribution is 7.55. The van der Waals surface area contributed by atoms with Crippen molar-refractivity contribution in [1.82, 2.24) is 0 Å². The van der Waals surface area contributed by atoms with Crippen molar-refractivity contribution in [3.05, 3.63) is 40.4 Å². The summed E-state index contributed by atoms with van der Waals surface area (Å²) in [5.74, 6) is 0.819. The van der Waals surface area contributed by atoms with Crippen molar-refractivity contribution in [3.8, 4) is 0 Å². The minimum Gasteiger partial charge on any atom is -0.321 e. The quantitative estimate of drug-likeness (QED) is 0.461. The lowest BCUT2D eigenvalue weighted by molar-refractivity contribution is 0.376. The molecule has 1 aliphatic carbocycles. The van der Waals surface area contributed by atoms with Crippen molar-refractivity contribution in [3.63, 3.8) is 0 Å². The summed E-state index contributed by atoms with van der Waals surface area (Å²) in [7, 11) is -4.12. The van der Waals surface area contributed by atoms with Gasteiger partial charge in [-0.05, 0) is 49.7 Å². The SMILES string of the molecule is CC(=C=CP(=O)(O)O)C=CC1=C(C)CCCC1(C)C. The maximum atomic E-state index is 10.7. The summed E-state index contributed by atoms with van der Waals surface area (Å²) in [4.78, 5) is 17.5. The molecular formula is C15H23O3P. The second-order valence-corrected chi connectivity index (χ2v) is 7.25. The van der Waals surface area contributed by atoms with Crippen molar-refractivity contribution in [2.75, 3.05) is 0 Å². The van der Waals surface area contributed by atoms with Crippen LogP contribution in [0.1, 0.15) is 47.0 Å². The smallest absolute Gasteiger partial charge is 0.321 e. The van der Waals surface area contributed by atoms with Crippen LogP contribution in [-0.2, 0) is 4.57 Å². The van der Waals surface area contributed by atoms with E-state index in [4.69, 9.17) is 9.79 Å². The van der Waals surface area contributed by atoms with E-state index in [0.717, 1.165) is 12.2 Å². The zero-order valence-corrected chi connectivity index (χ0v) is 13.0. The summed E-state index contributed by atoms with van der Waals surface area (Å²) < 4.78 is 10.7. The molecular weight excluding hydrogens is 259 g/mol. The standard InChI is InChI=1S/C15H23O3P/c1-12(9-11-19(16,17)18)7-8-14-13(2)6-5-10-15(14,3)4/h7-8,11H,5-6,10H2,1-4H3,(H2,16,17,18). The largest absolute Gasteiger partial charge is 0.356 e. The highest BCUT2D eigenvalue weighted by Gasteiger charge is 2.26. The second-order valence-electron chi connectivity index (χ2n) is 5.81. The molecule has 1 aliphatic rings. The van der Waals surface area contributed by atoms with Crippen molar-refractivity contribution in [2.24, 2.45) is 5.41 Å². The van der Waals surface area contributed by atoms with E-state index >= 15 is 0 Å². The Balaban J connectivity index is 2.99. The van der Waals surface area contributed by atoms with Crippen LogP contribution in [0.3, 0.4) is 0 Å². The van der Waals surface area contributed by atoms with Gasteiger partial charge in [-0.15, -0.1) is 5.73 Å². The molecule has 0 aliphatic heterocycles. The Hall–Kier alpha value is -0.850. The molecule has 0 amide bonds. The lowest BCUT2D eigenvalue weighted by atomic mass is 9.72. The van der Waals surface area contributed by atoms with Crippen LogP contribution in [0.4, 0.5) is 0 Å². The summed E-state index contributed by atoms with van der Waals surface area (Å²) in [5, 5.41) is 0. The molecule has 0 aromatic heterocycles. The molecule has 0 aromatic rings. The van der Waals surface area contributed by atoms with E-state index in [1.54, 1.807) is 6.92 Å². The van der Waals surface area contributed by atoms with E-state index in [2.05, 4.69) is 32.6 Å². The van der Waals surface area contributed by atoms with E-state index in [1.807, 2.05) is 6.08 Å². The Morgan fingerprint density at radius 1 is 1.42 bits per heavy atom. The van der Waals surface area contributed by atoms with Gasteiger partial charge in [-0.1, -0.05) is 31.6 Å². The second kappa shape index (κ2) is 6.07. The molecule has 1 rings (SSSR count). The van der Waals surface area contributed by atoms with Crippen molar-refractivity contribution < 1.29 is 14.4 Å². The lowest BCUT2D eigenvalue weighted by Gasteiger charge is -2.32. The van der Waals surface area contributed by atoms with Gasteiger partial charge in [-0.25, -0.2) is 0 Å². The van der Waals surface area contributed by atoms with E-state index in [1.165, 1.54) is 24.0 Å². The van der Waals surface area contributed by atoms with Gasteiger partial charge in [0.25, 0.3) is 0 Å². The first-order chi connectivity index (χ1) is 8.62. The third-order valence-electron chi connectivity index (χ3n) is 3.50. The summed E-state index contributed by atoms with van der Waals surface area (Å²) in [6, 6.07) is 0. The topological polar surface area (TPSA) is 57.5 Å². The molecule has 19 heavy (non-hydrogen) atoms. The van der Waals surface area contributed by atoms with E-state index in [9.17, 15) is 4.57 Å². The molecule has 0 saturated carbocycles. The van der Waals surface area contributed by atoms with Crippen LogP contribution in [0.15, 0.2) is 40.4 Å². The summed E-state index contributed by atoms with van der Waals surface area (Å²) >= 11 is 0. The van der Waals surface area contributed by atoms with Gasteiger partial charge in [0.05, 0.1) is 5.82 Å². The van der Waals surface area contributed by atoms with Crippen molar-refractivity contribution in [2.45, 2.75) is 47.0 Å². The lowest BCUT2D eigenvalue weighted by Crippen LogP contribution is -2.19. The van der Waals surface area contributed by atoms with Gasteiger partial charge >= 0.3 is 7.60 Å². The third-order valence-corrected chi connectivity index (χ3v) is 3.97. The van der Waals surface area contributed by atoms with Gasteiger partial charge < -0.3 is 9.79 Å². The Morgan fingerprint density at radius 2 is 2.05 bits per heavy atom. The molecule has 0 unspecified atom stereocenters. The molecule has 0 radical (unpaired) electrons. The predicted octanol–water partition coefficient (Wildman–Crippen LogP) is 4.31. The first kappa shape index (κ1) is 16.2. The Kier molecular flexibility index (Phi) is 5.18. The molecule has 106 valence electrons. The zero-order chi connectivity index (χ0) is 14.7. The van der Waals surface area contributed by atoms with Crippen LogP contribution < -0.4 is 0 Å². The molecule has 4 heteroatoms. The number of hydrogen-bond acceptors (Lipinski definition) is 1. The molecule has 3 nitrogen and oxygen atoms in total. The molecule has 0 saturated heterocycles. The fourth-order valence-corrected chi connectivity index (χ4v) is 2.82. The first-order valence-electron chi connectivity index (χ1n) is 6.50. The van der Waals surface area contributed by atoms with Crippen molar-refractivity contribution >= 4 is 7.60 Å². The van der Waals surface area contributed by atoms with E-state index in [0.29, 0.717) is 5.57 Å². The molecule has 0 bridgehead atoms. The van der Waals surface area contributed by atoms with Gasteiger partial charge in [0.1, 0.15) is 0 Å². The maximum Gasteiger partial charge on any atom is 0.356 e. The highest BCUT2D eigenvalue weighted by Crippen LogP contribution is 2.40. The van der Waals surface area contributed by atoms with Crippen LogP contribution >= 0.6 is 7.60 Å². The van der Waals surface area contributed by atoms with Crippen LogP contribution in [0.5, 0.6) is 0 Å². The molecule has 0 spiro atoms. The molecule has 0 aromatic carbocycles. The molecule has 0 heterocycles. The van der Waals surface area contributed by atoms with E-state index in [-0.39, 0.29) is 5.41 Å². The monoisotopic (exact) mass is 282 g/mol. The van der Waals surface area contributed by atoms with Crippen LogP contribution in [0, 0.1) is 5.41 Å². The fraction of sp³-hybridized carbons (Fsp3) is 0.533. The number of rotatable bonds is 3. The van der Waals surface area contributed by atoms with E-state index < -0.39 is 7.60 Å². The van der Waals surface area contributed by atoms with Gasteiger partial charge in [0.2, 0.25) is 0 Å². The summed E-state index contributed by atoms with van der Waals surface area (Å²) in [6.07, 6.45) is 7.46. The fourth-order valence-electron chi connectivity index (χ4n) is 2.45. The average Bonchev–Trinajstić information content (AvgIpc) is 2.23. The minimum absolute atomic E-state index is 0.173. The Bertz CT molecular complexity index is 512. The molecule has 2 N–H and O–H groups in total. The number of hydrogen-bond donors (Lipinski definition) is 2. The summed E-state index contributed by atoms with van der Waals surface area (Å²) in [5.41, 5.74) is 6.24. The Labute approximate surface area is 115 Å². The third kappa shape index (κ3) is 5.34.